The average Bonchev–Trinajstić information content (AvgIpc) is 3.07. The van der Waals surface area contributed by atoms with E-state index in [1.165, 1.54) is 12.3 Å². The molecule has 23 heavy (non-hydrogen) atoms. The number of hydrogen-bond acceptors (Lipinski definition) is 6. The Kier molecular flexibility index (Phi) is 6.12. The molecule has 126 valence electrons. The SMILES string of the molecule is CN1CCN(NC(=O)CNC(=O)CNC(=O)c2ccco2)CC1. The highest BCUT2D eigenvalue weighted by Crippen LogP contribution is 1.98. The number of likely N-dealkylation sites (N-methyl/N-ethyl adjacent to an activating group) is 1. The van der Waals surface area contributed by atoms with Crippen molar-refractivity contribution >= 4 is 17.7 Å². The molecule has 0 aliphatic carbocycles. The number of piperazine rings is 1. The van der Waals surface area contributed by atoms with Gasteiger partial charge in [-0.2, -0.15) is 0 Å². The molecule has 1 aliphatic rings. The van der Waals surface area contributed by atoms with Gasteiger partial charge in [0.05, 0.1) is 19.4 Å². The highest BCUT2D eigenvalue weighted by molar-refractivity contribution is 5.94. The molecule has 0 saturated carbocycles. The normalized spacial score (nSPS) is 15.9. The van der Waals surface area contributed by atoms with Crippen LogP contribution in [0.1, 0.15) is 10.6 Å². The molecule has 0 radical (unpaired) electrons. The maximum atomic E-state index is 11.7. The van der Waals surface area contributed by atoms with Crippen LogP contribution < -0.4 is 16.1 Å². The van der Waals surface area contributed by atoms with Gasteiger partial charge in [0.15, 0.2) is 5.76 Å². The lowest BCUT2D eigenvalue weighted by atomic mass is 10.4. The van der Waals surface area contributed by atoms with Gasteiger partial charge in [0.2, 0.25) is 5.91 Å². The number of furan rings is 1. The van der Waals surface area contributed by atoms with E-state index in [9.17, 15) is 14.4 Å². The second-order valence-corrected chi connectivity index (χ2v) is 5.26. The van der Waals surface area contributed by atoms with Gasteiger partial charge in [-0.15, -0.1) is 0 Å². The standard InChI is InChI=1S/C14H21N5O4/c1-18-4-6-19(7-5-18)17-13(21)10-15-12(20)9-16-14(22)11-3-2-8-23-11/h2-3,8H,4-7,9-10H2,1H3,(H,15,20)(H,16,22)(H,17,21). The molecule has 2 rings (SSSR count). The quantitative estimate of drug-likeness (QED) is 0.582. The van der Waals surface area contributed by atoms with Crippen LogP contribution in [0.4, 0.5) is 0 Å². The molecular weight excluding hydrogens is 302 g/mol. The van der Waals surface area contributed by atoms with Gasteiger partial charge in [0.1, 0.15) is 0 Å². The zero-order chi connectivity index (χ0) is 16.7. The molecule has 0 unspecified atom stereocenters. The first-order valence-electron chi connectivity index (χ1n) is 7.36. The molecule has 0 atom stereocenters. The summed E-state index contributed by atoms with van der Waals surface area (Å²) in [6.07, 6.45) is 1.37. The van der Waals surface area contributed by atoms with Crippen molar-refractivity contribution in [1.82, 2.24) is 26.0 Å². The topological polar surface area (TPSA) is 107 Å². The van der Waals surface area contributed by atoms with Gasteiger partial charge in [-0.25, -0.2) is 5.01 Å². The van der Waals surface area contributed by atoms with Gasteiger partial charge in [0, 0.05) is 26.2 Å². The maximum absolute atomic E-state index is 11.7. The van der Waals surface area contributed by atoms with Crippen LogP contribution in [0.5, 0.6) is 0 Å². The van der Waals surface area contributed by atoms with E-state index >= 15 is 0 Å². The predicted octanol–water partition coefficient (Wildman–Crippen LogP) is -1.60. The minimum absolute atomic E-state index is 0.130. The number of hydrogen-bond donors (Lipinski definition) is 3. The molecular formula is C14H21N5O4. The van der Waals surface area contributed by atoms with Gasteiger partial charge in [-0.05, 0) is 19.2 Å². The third kappa shape index (κ3) is 5.72. The van der Waals surface area contributed by atoms with Crippen LogP contribution in [0.2, 0.25) is 0 Å². The highest BCUT2D eigenvalue weighted by atomic mass is 16.3. The van der Waals surface area contributed by atoms with Gasteiger partial charge in [0.25, 0.3) is 11.8 Å². The second kappa shape index (κ2) is 8.30. The summed E-state index contributed by atoms with van der Waals surface area (Å²) >= 11 is 0. The predicted molar refractivity (Wildman–Crippen MR) is 81.3 cm³/mol. The van der Waals surface area contributed by atoms with E-state index in [-0.39, 0.29) is 24.8 Å². The molecule has 1 fully saturated rings. The summed E-state index contributed by atoms with van der Waals surface area (Å²) in [4.78, 5) is 37.1. The van der Waals surface area contributed by atoms with Crippen LogP contribution in [0.15, 0.2) is 22.8 Å². The van der Waals surface area contributed by atoms with Gasteiger partial charge < -0.3 is 20.0 Å². The van der Waals surface area contributed by atoms with Crippen molar-refractivity contribution in [3.8, 4) is 0 Å². The van der Waals surface area contributed by atoms with E-state index in [0.717, 1.165) is 26.2 Å². The van der Waals surface area contributed by atoms with Crippen molar-refractivity contribution < 1.29 is 18.8 Å². The summed E-state index contributed by atoms with van der Waals surface area (Å²) in [5.74, 6) is -1.09. The number of nitrogens with zero attached hydrogens (tertiary/aromatic N) is 2. The van der Waals surface area contributed by atoms with Crippen molar-refractivity contribution in [2.24, 2.45) is 0 Å². The second-order valence-electron chi connectivity index (χ2n) is 5.26. The van der Waals surface area contributed by atoms with Crippen LogP contribution in [0.3, 0.4) is 0 Å². The average molecular weight is 323 g/mol. The summed E-state index contributed by atoms with van der Waals surface area (Å²) in [5, 5.41) is 6.68. The molecule has 2 heterocycles. The molecule has 1 aliphatic heterocycles. The molecule has 1 aromatic heterocycles. The molecule has 0 bridgehead atoms. The van der Waals surface area contributed by atoms with Crippen LogP contribution >= 0.6 is 0 Å². The highest BCUT2D eigenvalue weighted by Gasteiger charge is 2.16. The largest absolute Gasteiger partial charge is 0.459 e. The zero-order valence-electron chi connectivity index (χ0n) is 13.0. The molecule has 1 aromatic rings. The molecule has 0 spiro atoms. The summed E-state index contributed by atoms with van der Waals surface area (Å²) in [7, 11) is 2.02. The summed E-state index contributed by atoms with van der Waals surface area (Å²) < 4.78 is 4.90. The van der Waals surface area contributed by atoms with Gasteiger partial charge in [-0.3, -0.25) is 19.8 Å². The van der Waals surface area contributed by atoms with Crippen molar-refractivity contribution in [1.29, 1.82) is 0 Å². The third-order valence-corrected chi connectivity index (χ3v) is 3.39. The number of carbonyl (C=O) groups excluding carboxylic acids is 3. The minimum atomic E-state index is -0.480. The molecule has 9 heteroatoms. The Bertz CT molecular complexity index is 537. The smallest absolute Gasteiger partial charge is 0.287 e. The van der Waals surface area contributed by atoms with Crippen LogP contribution in [0, 0.1) is 0 Å². The first kappa shape index (κ1) is 17.0. The van der Waals surface area contributed by atoms with Crippen LogP contribution in [-0.4, -0.2) is 73.9 Å². The Morgan fingerprint density at radius 2 is 1.78 bits per heavy atom. The molecule has 3 amide bonds. The Morgan fingerprint density at radius 1 is 1.09 bits per heavy atom. The monoisotopic (exact) mass is 323 g/mol. The first-order valence-corrected chi connectivity index (χ1v) is 7.36. The van der Waals surface area contributed by atoms with E-state index < -0.39 is 11.8 Å². The van der Waals surface area contributed by atoms with E-state index in [1.807, 2.05) is 12.1 Å². The fourth-order valence-corrected chi connectivity index (χ4v) is 2.03. The number of nitrogens with one attached hydrogen (secondary N) is 3. The zero-order valence-corrected chi connectivity index (χ0v) is 13.0. The Balaban J connectivity index is 1.60. The van der Waals surface area contributed by atoms with Crippen molar-refractivity contribution in [3.63, 3.8) is 0 Å². The molecule has 3 N–H and O–H groups in total. The Labute approximate surface area is 133 Å². The Hall–Kier alpha value is -2.39. The fourth-order valence-electron chi connectivity index (χ4n) is 2.03. The summed E-state index contributed by atoms with van der Waals surface area (Å²) in [6, 6.07) is 3.08. The molecule has 9 nitrogen and oxygen atoms in total. The number of amides is 3. The maximum Gasteiger partial charge on any atom is 0.287 e. The minimum Gasteiger partial charge on any atom is -0.459 e. The molecule has 1 saturated heterocycles. The van der Waals surface area contributed by atoms with Crippen LogP contribution in [-0.2, 0) is 9.59 Å². The summed E-state index contributed by atoms with van der Waals surface area (Å²) in [5.41, 5.74) is 2.73. The molecule has 0 aromatic carbocycles. The van der Waals surface area contributed by atoms with Gasteiger partial charge in [-0.1, -0.05) is 0 Å². The van der Waals surface area contributed by atoms with E-state index in [1.54, 1.807) is 6.07 Å². The first-order chi connectivity index (χ1) is 11.0. The van der Waals surface area contributed by atoms with Crippen molar-refractivity contribution in [2.45, 2.75) is 0 Å². The van der Waals surface area contributed by atoms with E-state index in [0.29, 0.717) is 0 Å². The fraction of sp³-hybridized carbons (Fsp3) is 0.500. The lowest BCUT2D eigenvalue weighted by molar-refractivity contribution is -0.129. The third-order valence-electron chi connectivity index (χ3n) is 3.39. The number of rotatable bonds is 6. The van der Waals surface area contributed by atoms with Crippen molar-refractivity contribution in [3.05, 3.63) is 24.2 Å². The Morgan fingerprint density at radius 3 is 2.43 bits per heavy atom. The van der Waals surface area contributed by atoms with E-state index in [2.05, 4.69) is 21.0 Å². The number of carbonyl (C=O) groups is 3. The van der Waals surface area contributed by atoms with Crippen LogP contribution in [0.25, 0.3) is 0 Å². The summed E-state index contributed by atoms with van der Waals surface area (Å²) in [6.45, 7) is 2.89. The lowest BCUT2D eigenvalue weighted by Gasteiger charge is -2.32. The van der Waals surface area contributed by atoms with E-state index in [4.69, 9.17) is 4.42 Å². The number of hydrazine groups is 1. The van der Waals surface area contributed by atoms with Gasteiger partial charge >= 0.3 is 0 Å². The lowest BCUT2D eigenvalue weighted by Crippen LogP contribution is -2.54. The van der Waals surface area contributed by atoms with Crippen molar-refractivity contribution in [2.75, 3.05) is 46.3 Å².